The minimum absolute atomic E-state index is 0.117. The average Bonchev–Trinajstić information content (AvgIpc) is 3.02. The highest BCUT2D eigenvalue weighted by Gasteiger charge is 2.35. The summed E-state index contributed by atoms with van der Waals surface area (Å²) >= 11 is 0. The Bertz CT molecular complexity index is 1070. The van der Waals surface area contributed by atoms with Crippen LogP contribution in [0.4, 0.5) is 0 Å². The molecule has 0 unspecified atom stereocenters. The third kappa shape index (κ3) is 5.71. The molecule has 180 valence electrons. The van der Waals surface area contributed by atoms with Gasteiger partial charge in [0.15, 0.2) is 0 Å². The Kier molecular flexibility index (Phi) is 7.54. The Hall–Kier alpha value is -3.48. The van der Waals surface area contributed by atoms with Crippen molar-refractivity contribution >= 4 is 23.6 Å². The summed E-state index contributed by atoms with van der Waals surface area (Å²) in [5.41, 5.74) is 2.37. The number of nitrogens with one attached hydrogen (secondary N) is 1. The molecule has 2 aromatic rings. The molecule has 3 rings (SSSR count). The topological polar surface area (TPSA) is 86.8 Å². The number of nitrogens with zero attached hydrogens (tertiary/aromatic N) is 2. The fraction of sp³-hybridized carbons (Fsp3) is 0.407. The summed E-state index contributed by atoms with van der Waals surface area (Å²) in [6.07, 6.45) is 0.439. The van der Waals surface area contributed by atoms with Crippen LogP contribution in [0.1, 0.15) is 72.4 Å². The van der Waals surface area contributed by atoms with Gasteiger partial charge in [0.25, 0.3) is 11.8 Å². The van der Waals surface area contributed by atoms with E-state index in [4.69, 9.17) is 0 Å². The molecule has 2 aromatic carbocycles. The molecule has 0 aromatic heterocycles. The zero-order chi connectivity index (χ0) is 25.0. The van der Waals surface area contributed by atoms with Gasteiger partial charge >= 0.3 is 0 Å². The molecule has 0 saturated heterocycles. The van der Waals surface area contributed by atoms with Crippen LogP contribution in [0.15, 0.2) is 48.5 Å². The smallest absolute Gasteiger partial charge is 0.261 e. The molecule has 1 aliphatic heterocycles. The van der Waals surface area contributed by atoms with Crippen molar-refractivity contribution in [1.82, 2.24) is 15.1 Å². The predicted molar refractivity (Wildman–Crippen MR) is 130 cm³/mol. The van der Waals surface area contributed by atoms with E-state index in [2.05, 4.69) is 5.32 Å². The van der Waals surface area contributed by atoms with Gasteiger partial charge in [-0.1, -0.05) is 36.4 Å². The maximum Gasteiger partial charge on any atom is 0.261 e. The quantitative estimate of drug-likeness (QED) is 0.605. The lowest BCUT2D eigenvalue weighted by Crippen LogP contribution is -2.52. The Balaban J connectivity index is 1.70. The van der Waals surface area contributed by atoms with Crippen LogP contribution in [0.3, 0.4) is 0 Å². The summed E-state index contributed by atoms with van der Waals surface area (Å²) in [5, 5.41) is 2.95. The predicted octanol–water partition coefficient (Wildman–Crippen LogP) is 3.70. The number of carbonyl (C=O) groups excluding carboxylic acids is 4. The zero-order valence-corrected chi connectivity index (χ0v) is 20.6. The SMILES string of the molecule is Cc1ccccc1CN(C(=O)CCCN1C(=O)c2ccccc2C1=O)[C@H](C)C(=O)NC(C)(C)C. The van der Waals surface area contributed by atoms with Crippen molar-refractivity contribution < 1.29 is 19.2 Å². The van der Waals surface area contributed by atoms with E-state index >= 15 is 0 Å². The number of amides is 4. The lowest BCUT2D eigenvalue weighted by Gasteiger charge is -2.32. The Morgan fingerprint density at radius 3 is 2.09 bits per heavy atom. The van der Waals surface area contributed by atoms with Crippen molar-refractivity contribution in [1.29, 1.82) is 0 Å². The van der Waals surface area contributed by atoms with E-state index in [0.717, 1.165) is 11.1 Å². The van der Waals surface area contributed by atoms with E-state index in [0.29, 0.717) is 24.1 Å². The summed E-state index contributed by atoms with van der Waals surface area (Å²) in [6, 6.07) is 13.8. The van der Waals surface area contributed by atoms with Gasteiger partial charge in [0.05, 0.1) is 11.1 Å². The van der Waals surface area contributed by atoms with E-state index in [-0.39, 0.29) is 36.6 Å². The van der Waals surface area contributed by atoms with Crippen LogP contribution in [0.2, 0.25) is 0 Å². The Morgan fingerprint density at radius 1 is 0.971 bits per heavy atom. The van der Waals surface area contributed by atoms with Gasteiger partial charge in [-0.2, -0.15) is 0 Å². The summed E-state index contributed by atoms with van der Waals surface area (Å²) in [6.45, 7) is 9.84. The molecular formula is C27H33N3O4. The first-order valence-corrected chi connectivity index (χ1v) is 11.6. The molecule has 0 spiro atoms. The fourth-order valence-electron chi connectivity index (χ4n) is 4.00. The summed E-state index contributed by atoms with van der Waals surface area (Å²) in [4.78, 5) is 54.1. The summed E-state index contributed by atoms with van der Waals surface area (Å²) < 4.78 is 0. The number of rotatable bonds is 8. The Morgan fingerprint density at radius 2 is 1.53 bits per heavy atom. The molecule has 0 aliphatic carbocycles. The maximum absolute atomic E-state index is 13.3. The fourth-order valence-corrected chi connectivity index (χ4v) is 4.00. The lowest BCUT2D eigenvalue weighted by molar-refractivity contribution is -0.141. The van der Waals surface area contributed by atoms with Crippen LogP contribution in [0.5, 0.6) is 0 Å². The van der Waals surface area contributed by atoms with Crippen LogP contribution in [0.25, 0.3) is 0 Å². The Labute approximate surface area is 201 Å². The first-order valence-electron chi connectivity index (χ1n) is 11.6. The van der Waals surface area contributed by atoms with Crippen molar-refractivity contribution in [2.24, 2.45) is 0 Å². The van der Waals surface area contributed by atoms with E-state index < -0.39 is 11.6 Å². The van der Waals surface area contributed by atoms with Crippen molar-refractivity contribution in [3.63, 3.8) is 0 Å². The molecule has 1 N–H and O–H groups in total. The molecular weight excluding hydrogens is 430 g/mol. The van der Waals surface area contributed by atoms with Gasteiger partial charge in [0, 0.05) is 25.0 Å². The maximum atomic E-state index is 13.3. The second kappa shape index (κ2) is 10.2. The molecule has 7 heteroatoms. The molecule has 1 atom stereocenters. The third-order valence-corrected chi connectivity index (χ3v) is 5.92. The first kappa shape index (κ1) is 25.1. The van der Waals surface area contributed by atoms with Crippen molar-refractivity contribution in [3.8, 4) is 0 Å². The van der Waals surface area contributed by atoms with Crippen LogP contribution >= 0.6 is 0 Å². The monoisotopic (exact) mass is 463 g/mol. The highest BCUT2D eigenvalue weighted by molar-refractivity contribution is 6.21. The van der Waals surface area contributed by atoms with E-state index in [1.807, 2.05) is 52.0 Å². The number of fused-ring (bicyclic) bond motifs is 1. The van der Waals surface area contributed by atoms with Crippen molar-refractivity contribution in [2.45, 2.75) is 65.6 Å². The second-order valence-corrected chi connectivity index (χ2v) is 9.77. The molecule has 1 aliphatic rings. The average molecular weight is 464 g/mol. The van der Waals surface area contributed by atoms with Gasteiger partial charge in [-0.25, -0.2) is 0 Å². The van der Waals surface area contributed by atoms with E-state index in [1.165, 1.54) is 4.90 Å². The van der Waals surface area contributed by atoms with Gasteiger partial charge in [-0.3, -0.25) is 24.1 Å². The van der Waals surface area contributed by atoms with Gasteiger partial charge in [-0.05, 0) is 64.3 Å². The number of hydrogen-bond donors (Lipinski definition) is 1. The molecule has 0 fully saturated rings. The van der Waals surface area contributed by atoms with Gasteiger partial charge in [0.2, 0.25) is 11.8 Å². The number of aryl methyl sites for hydroxylation is 1. The largest absolute Gasteiger partial charge is 0.350 e. The molecule has 34 heavy (non-hydrogen) atoms. The van der Waals surface area contributed by atoms with E-state index in [1.54, 1.807) is 36.1 Å². The highest BCUT2D eigenvalue weighted by atomic mass is 16.2. The van der Waals surface area contributed by atoms with Gasteiger partial charge in [-0.15, -0.1) is 0 Å². The minimum Gasteiger partial charge on any atom is -0.350 e. The second-order valence-electron chi connectivity index (χ2n) is 9.77. The molecule has 7 nitrogen and oxygen atoms in total. The standard InChI is InChI=1S/C27H33N3O4/c1-18-11-6-7-12-20(18)17-30(19(2)24(32)28-27(3,4)5)23(31)15-10-16-29-25(33)21-13-8-9-14-22(21)26(29)34/h6-9,11-14,19H,10,15-17H2,1-5H3,(H,28,32)/t19-/m1/s1. The lowest BCUT2D eigenvalue weighted by atomic mass is 10.1. The third-order valence-electron chi connectivity index (χ3n) is 5.92. The van der Waals surface area contributed by atoms with Crippen LogP contribution in [-0.2, 0) is 16.1 Å². The van der Waals surface area contributed by atoms with E-state index in [9.17, 15) is 19.2 Å². The van der Waals surface area contributed by atoms with Crippen LogP contribution in [0, 0.1) is 6.92 Å². The molecule has 4 amide bonds. The highest BCUT2D eigenvalue weighted by Crippen LogP contribution is 2.23. The van der Waals surface area contributed by atoms with Gasteiger partial charge in [0.1, 0.15) is 6.04 Å². The summed E-state index contributed by atoms with van der Waals surface area (Å²) in [7, 11) is 0. The van der Waals surface area contributed by atoms with Crippen molar-refractivity contribution in [2.75, 3.05) is 6.54 Å². The van der Waals surface area contributed by atoms with Gasteiger partial charge < -0.3 is 10.2 Å². The van der Waals surface area contributed by atoms with Crippen LogP contribution in [-0.4, -0.2) is 51.6 Å². The molecule has 0 radical (unpaired) electrons. The normalized spacial score (nSPS) is 14.1. The van der Waals surface area contributed by atoms with Crippen LogP contribution < -0.4 is 5.32 Å². The zero-order valence-electron chi connectivity index (χ0n) is 20.6. The number of carbonyl (C=O) groups is 4. The number of hydrogen-bond acceptors (Lipinski definition) is 4. The molecule has 0 saturated carbocycles. The summed E-state index contributed by atoms with van der Waals surface area (Å²) in [5.74, 6) is -1.09. The van der Waals surface area contributed by atoms with Crippen molar-refractivity contribution in [3.05, 3.63) is 70.8 Å². The first-order chi connectivity index (χ1) is 16.0. The minimum atomic E-state index is -0.675. The number of benzene rings is 2. The number of imide groups is 1. The molecule has 0 bridgehead atoms. The molecule has 1 heterocycles.